The molecule has 0 radical (unpaired) electrons. The number of rotatable bonds is 3. The van der Waals surface area contributed by atoms with Crippen LogP contribution in [0.1, 0.15) is 0 Å². The summed E-state index contributed by atoms with van der Waals surface area (Å²) in [5.74, 6) is 0. The molecule has 0 atom stereocenters. The summed E-state index contributed by atoms with van der Waals surface area (Å²) in [5.41, 5.74) is 10.3. The summed E-state index contributed by atoms with van der Waals surface area (Å²) in [6.07, 6.45) is 0. The third-order valence-electron chi connectivity index (χ3n) is 10.6. The van der Waals surface area contributed by atoms with Crippen LogP contribution in [0.2, 0.25) is 0 Å². The van der Waals surface area contributed by atoms with Crippen LogP contribution in [0.25, 0.3) is 104 Å². The van der Waals surface area contributed by atoms with E-state index in [0.717, 1.165) is 22.2 Å². The average molecular weight is 636 g/mol. The van der Waals surface area contributed by atoms with Gasteiger partial charge in [-0.25, -0.2) is 0 Å². The number of hydrogen-bond donors (Lipinski definition) is 0. The number of aromatic nitrogens is 1. The number of fused-ring (bicyclic) bond motifs is 11. The number of para-hydroxylation sites is 1. The first-order chi connectivity index (χ1) is 24.8. The van der Waals surface area contributed by atoms with Crippen molar-refractivity contribution in [2.75, 3.05) is 0 Å². The quantitative estimate of drug-likeness (QED) is 0.177. The molecule has 0 aliphatic heterocycles. The maximum absolute atomic E-state index is 6.40. The van der Waals surface area contributed by atoms with E-state index in [1.165, 1.54) is 81.8 Å². The highest BCUT2D eigenvalue weighted by Gasteiger charge is 2.21. The van der Waals surface area contributed by atoms with Gasteiger partial charge in [0.15, 0.2) is 0 Å². The van der Waals surface area contributed by atoms with E-state index in [4.69, 9.17) is 4.42 Å². The molecule has 11 aromatic rings. The Hall–Kier alpha value is -6.64. The van der Waals surface area contributed by atoms with Crippen molar-refractivity contribution in [1.82, 2.24) is 4.57 Å². The van der Waals surface area contributed by atoms with Crippen LogP contribution in [0.5, 0.6) is 0 Å². The van der Waals surface area contributed by atoms with Gasteiger partial charge in [-0.2, -0.15) is 0 Å². The highest BCUT2D eigenvalue weighted by atomic mass is 16.3. The third-order valence-corrected chi connectivity index (χ3v) is 10.6. The molecular weight excluding hydrogens is 607 g/mol. The molecule has 2 heteroatoms. The summed E-state index contributed by atoms with van der Waals surface area (Å²) in [7, 11) is 0. The fourth-order valence-electron chi connectivity index (χ4n) is 8.49. The van der Waals surface area contributed by atoms with Crippen LogP contribution in [0.4, 0.5) is 0 Å². The van der Waals surface area contributed by atoms with E-state index in [0.29, 0.717) is 0 Å². The van der Waals surface area contributed by atoms with Gasteiger partial charge in [0.2, 0.25) is 0 Å². The SMILES string of the molecule is c1ccc(-c2c3ccccc3c(-c3ccc(-n4c5ccc6ccccc6c5c5c6c(ccc54)oc4ccccc46)cc3)c3ccccc23)cc1. The monoisotopic (exact) mass is 635 g/mol. The van der Waals surface area contributed by atoms with E-state index in [1.807, 2.05) is 6.07 Å². The molecule has 0 fully saturated rings. The molecule has 0 aliphatic rings. The molecule has 9 aromatic carbocycles. The number of benzene rings is 9. The summed E-state index contributed by atoms with van der Waals surface area (Å²) >= 11 is 0. The fourth-order valence-corrected chi connectivity index (χ4v) is 8.49. The fraction of sp³-hybridized carbons (Fsp3) is 0. The highest BCUT2D eigenvalue weighted by Crippen LogP contribution is 2.46. The minimum absolute atomic E-state index is 0.915. The molecule has 0 amide bonds. The minimum atomic E-state index is 0.915. The molecule has 232 valence electrons. The lowest BCUT2D eigenvalue weighted by molar-refractivity contribution is 0.669. The summed E-state index contributed by atoms with van der Waals surface area (Å²) in [6.45, 7) is 0. The standard InChI is InChI=1S/C48H29NO/c1-2-13-31(14-3-1)44-35-16-6-8-18-37(35)45(38-19-9-7-17-36(38)44)32-22-25-33(26-23-32)49-40-27-24-30-12-4-5-15-34(30)46(40)48-41(49)28-29-43-47(48)39-20-10-11-21-42(39)50-43/h1-29H. The van der Waals surface area contributed by atoms with Crippen LogP contribution in [0, 0.1) is 0 Å². The Morgan fingerprint density at radius 1 is 0.320 bits per heavy atom. The molecule has 11 rings (SSSR count). The van der Waals surface area contributed by atoms with E-state index in [1.54, 1.807) is 0 Å². The topological polar surface area (TPSA) is 18.1 Å². The van der Waals surface area contributed by atoms with E-state index in [-0.39, 0.29) is 0 Å². The van der Waals surface area contributed by atoms with Crippen LogP contribution in [0.3, 0.4) is 0 Å². The summed E-state index contributed by atoms with van der Waals surface area (Å²) in [5, 5.41) is 12.3. The lowest BCUT2D eigenvalue weighted by Crippen LogP contribution is -1.94. The van der Waals surface area contributed by atoms with E-state index < -0.39 is 0 Å². The largest absolute Gasteiger partial charge is 0.456 e. The average Bonchev–Trinajstić information content (AvgIpc) is 3.73. The van der Waals surface area contributed by atoms with Gasteiger partial charge >= 0.3 is 0 Å². The van der Waals surface area contributed by atoms with Gasteiger partial charge in [-0.3, -0.25) is 0 Å². The molecule has 0 saturated carbocycles. The lowest BCUT2D eigenvalue weighted by Gasteiger charge is -2.18. The number of nitrogens with zero attached hydrogens (tertiary/aromatic N) is 1. The van der Waals surface area contributed by atoms with Crippen molar-refractivity contribution in [2.24, 2.45) is 0 Å². The predicted molar refractivity (Wildman–Crippen MR) is 211 cm³/mol. The van der Waals surface area contributed by atoms with Gasteiger partial charge in [0, 0.05) is 27.2 Å². The van der Waals surface area contributed by atoms with Gasteiger partial charge in [-0.1, -0.05) is 140 Å². The Kier molecular flexibility index (Phi) is 5.70. The van der Waals surface area contributed by atoms with Crippen molar-refractivity contribution in [3.63, 3.8) is 0 Å². The second-order valence-electron chi connectivity index (χ2n) is 13.2. The molecule has 0 unspecified atom stereocenters. The molecule has 0 spiro atoms. The van der Waals surface area contributed by atoms with Crippen LogP contribution in [0.15, 0.2) is 180 Å². The van der Waals surface area contributed by atoms with Crippen LogP contribution >= 0.6 is 0 Å². The molecule has 2 nitrogen and oxygen atoms in total. The second-order valence-corrected chi connectivity index (χ2v) is 13.2. The first kappa shape index (κ1) is 27.3. The smallest absolute Gasteiger partial charge is 0.136 e. The number of hydrogen-bond acceptors (Lipinski definition) is 1. The van der Waals surface area contributed by atoms with Gasteiger partial charge < -0.3 is 8.98 Å². The zero-order chi connectivity index (χ0) is 32.8. The van der Waals surface area contributed by atoms with Gasteiger partial charge in [0.25, 0.3) is 0 Å². The Balaban J connectivity index is 1.19. The normalized spacial score (nSPS) is 12.0. The van der Waals surface area contributed by atoms with E-state index in [2.05, 4.69) is 174 Å². The molecule has 50 heavy (non-hydrogen) atoms. The van der Waals surface area contributed by atoms with Crippen molar-refractivity contribution in [2.45, 2.75) is 0 Å². The van der Waals surface area contributed by atoms with Crippen molar-refractivity contribution < 1.29 is 4.42 Å². The zero-order valence-electron chi connectivity index (χ0n) is 27.1. The first-order valence-corrected chi connectivity index (χ1v) is 17.2. The highest BCUT2D eigenvalue weighted by molar-refractivity contribution is 6.32. The summed E-state index contributed by atoms with van der Waals surface area (Å²) in [6, 6.07) is 63.7. The van der Waals surface area contributed by atoms with Gasteiger partial charge in [0.1, 0.15) is 11.2 Å². The molecular formula is C48H29NO. The molecule has 0 N–H and O–H groups in total. The first-order valence-electron chi connectivity index (χ1n) is 17.2. The van der Waals surface area contributed by atoms with Crippen molar-refractivity contribution in [3.05, 3.63) is 176 Å². The molecule has 2 heterocycles. The maximum atomic E-state index is 6.40. The van der Waals surface area contributed by atoms with E-state index in [9.17, 15) is 0 Å². The summed E-state index contributed by atoms with van der Waals surface area (Å²) < 4.78 is 8.83. The predicted octanol–water partition coefficient (Wildman–Crippen LogP) is 13.5. The van der Waals surface area contributed by atoms with Gasteiger partial charge in [-0.15, -0.1) is 0 Å². The van der Waals surface area contributed by atoms with Gasteiger partial charge in [0.05, 0.1) is 11.0 Å². The van der Waals surface area contributed by atoms with Crippen molar-refractivity contribution >= 4 is 76.1 Å². The van der Waals surface area contributed by atoms with Crippen LogP contribution in [-0.2, 0) is 0 Å². The van der Waals surface area contributed by atoms with Gasteiger partial charge in [-0.05, 0) is 91.0 Å². The minimum Gasteiger partial charge on any atom is -0.456 e. The van der Waals surface area contributed by atoms with E-state index >= 15 is 0 Å². The Morgan fingerprint density at radius 3 is 1.52 bits per heavy atom. The molecule has 0 saturated heterocycles. The Labute approximate surface area is 288 Å². The summed E-state index contributed by atoms with van der Waals surface area (Å²) in [4.78, 5) is 0. The maximum Gasteiger partial charge on any atom is 0.136 e. The Bertz CT molecular complexity index is 3070. The van der Waals surface area contributed by atoms with Crippen molar-refractivity contribution in [1.29, 1.82) is 0 Å². The third kappa shape index (κ3) is 3.79. The molecule has 0 aliphatic carbocycles. The Morgan fingerprint density at radius 2 is 0.840 bits per heavy atom. The molecule has 2 aromatic heterocycles. The second kappa shape index (κ2) is 10.4. The lowest BCUT2D eigenvalue weighted by atomic mass is 9.86. The molecule has 0 bridgehead atoms. The van der Waals surface area contributed by atoms with Crippen molar-refractivity contribution in [3.8, 4) is 27.9 Å². The van der Waals surface area contributed by atoms with Crippen LogP contribution in [-0.4, -0.2) is 4.57 Å². The number of furan rings is 1. The van der Waals surface area contributed by atoms with Crippen LogP contribution < -0.4 is 0 Å². The zero-order valence-corrected chi connectivity index (χ0v) is 27.1.